The van der Waals surface area contributed by atoms with Crippen molar-refractivity contribution in [1.82, 2.24) is 24.1 Å². The van der Waals surface area contributed by atoms with Crippen LogP contribution in [0.5, 0.6) is 0 Å². The Hall–Kier alpha value is -10.5. The van der Waals surface area contributed by atoms with Crippen molar-refractivity contribution in [3.8, 4) is 92.1 Å². The second-order valence-electron chi connectivity index (χ2n) is 16.9. The summed E-state index contributed by atoms with van der Waals surface area (Å²) >= 11 is 0. The lowest BCUT2D eigenvalue weighted by Crippen LogP contribution is -2.03. The van der Waals surface area contributed by atoms with Gasteiger partial charge in [0.1, 0.15) is 0 Å². The molecular formula is C61H33N9. The van der Waals surface area contributed by atoms with E-state index in [0.717, 1.165) is 93.9 Å². The first kappa shape index (κ1) is 41.0. The first-order chi connectivity index (χ1) is 34.5. The molecule has 12 aromatic rings. The molecule has 9 heteroatoms. The molecule has 0 aliphatic heterocycles. The number of hydrogen-bond acceptors (Lipinski definition) is 7. The summed E-state index contributed by atoms with van der Waals surface area (Å²) in [6.07, 6.45) is 0. The maximum Gasteiger partial charge on any atom is 0.164 e. The van der Waals surface area contributed by atoms with Crippen LogP contribution >= 0.6 is 0 Å². The van der Waals surface area contributed by atoms with E-state index in [9.17, 15) is 21.0 Å². The third-order valence-corrected chi connectivity index (χ3v) is 12.9. The number of aromatic nitrogens is 5. The molecule has 0 spiro atoms. The second kappa shape index (κ2) is 16.8. The van der Waals surface area contributed by atoms with Crippen LogP contribution in [-0.4, -0.2) is 24.1 Å². The van der Waals surface area contributed by atoms with E-state index < -0.39 is 0 Å². The quantitative estimate of drug-likeness (QED) is 0.155. The molecule has 0 fully saturated rings. The van der Waals surface area contributed by atoms with Gasteiger partial charge in [0.05, 0.1) is 68.6 Å². The predicted molar refractivity (Wildman–Crippen MR) is 275 cm³/mol. The van der Waals surface area contributed by atoms with Crippen molar-refractivity contribution in [3.63, 3.8) is 0 Å². The molecule has 0 aliphatic carbocycles. The maximum absolute atomic E-state index is 10.2. The minimum atomic E-state index is 0.432. The lowest BCUT2D eigenvalue weighted by Gasteiger charge is -2.16. The van der Waals surface area contributed by atoms with Gasteiger partial charge < -0.3 is 9.13 Å². The van der Waals surface area contributed by atoms with E-state index in [0.29, 0.717) is 39.7 Å². The molecule has 9 nitrogen and oxygen atoms in total. The molecule has 0 unspecified atom stereocenters. The van der Waals surface area contributed by atoms with Gasteiger partial charge in [0.2, 0.25) is 0 Å². The van der Waals surface area contributed by atoms with Gasteiger partial charge in [0.15, 0.2) is 17.5 Å². The monoisotopic (exact) mass is 891 g/mol. The minimum Gasteiger partial charge on any atom is -0.309 e. The molecule has 3 heterocycles. The molecule has 70 heavy (non-hydrogen) atoms. The van der Waals surface area contributed by atoms with Gasteiger partial charge in [-0.3, -0.25) is 0 Å². The third-order valence-electron chi connectivity index (χ3n) is 12.9. The number of hydrogen-bond donors (Lipinski definition) is 0. The zero-order valence-electron chi connectivity index (χ0n) is 37.1. The van der Waals surface area contributed by atoms with Crippen molar-refractivity contribution in [2.24, 2.45) is 0 Å². The molecule has 9 aromatic carbocycles. The van der Waals surface area contributed by atoms with E-state index in [-0.39, 0.29) is 0 Å². The Labute approximate surface area is 401 Å². The van der Waals surface area contributed by atoms with Crippen LogP contribution in [0.3, 0.4) is 0 Å². The van der Waals surface area contributed by atoms with Crippen molar-refractivity contribution in [2.45, 2.75) is 0 Å². The largest absolute Gasteiger partial charge is 0.309 e. The van der Waals surface area contributed by atoms with Crippen molar-refractivity contribution < 1.29 is 0 Å². The smallest absolute Gasteiger partial charge is 0.164 e. The highest BCUT2D eigenvalue weighted by Gasteiger charge is 2.21. The topological polar surface area (TPSA) is 144 Å². The van der Waals surface area contributed by atoms with E-state index in [2.05, 4.69) is 100 Å². The summed E-state index contributed by atoms with van der Waals surface area (Å²) < 4.78 is 4.53. The summed E-state index contributed by atoms with van der Waals surface area (Å²) in [5.74, 6) is 1.59. The number of nitrogens with zero attached hydrogens (tertiary/aromatic N) is 9. The van der Waals surface area contributed by atoms with E-state index in [1.54, 1.807) is 24.3 Å². The fourth-order valence-electron chi connectivity index (χ4n) is 9.67. The lowest BCUT2D eigenvalue weighted by atomic mass is 9.97. The van der Waals surface area contributed by atoms with Gasteiger partial charge in [0.25, 0.3) is 0 Å². The summed E-state index contributed by atoms with van der Waals surface area (Å²) in [6, 6.07) is 74.9. The van der Waals surface area contributed by atoms with Gasteiger partial charge in [-0.25, -0.2) is 15.0 Å². The average molecular weight is 892 g/mol. The van der Waals surface area contributed by atoms with Crippen LogP contribution in [0.2, 0.25) is 0 Å². The molecule has 0 saturated carbocycles. The SMILES string of the molecule is N#Cc1ccc(-c2ccc3c(c2)c2ccccc2n3-c2cc(-c3nc(-c4ccccc4)nc(-c4ccccc4)n3)cc(-n3c4ccccc4c4cc(-c5ccc(C#N)cc5C#N)ccc43)c2)c(C#N)c1. The molecule has 12 rings (SSSR count). The first-order valence-electron chi connectivity index (χ1n) is 22.5. The number of fused-ring (bicyclic) bond motifs is 6. The van der Waals surface area contributed by atoms with Gasteiger partial charge in [-0.15, -0.1) is 0 Å². The Morgan fingerprint density at radius 1 is 0.300 bits per heavy atom. The van der Waals surface area contributed by atoms with E-state index >= 15 is 0 Å². The lowest BCUT2D eigenvalue weighted by molar-refractivity contribution is 1.07. The summed E-state index contributed by atoms with van der Waals surface area (Å²) in [6.45, 7) is 0. The van der Waals surface area contributed by atoms with Crippen LogP contribution in [-0.2, 0) is 0 Å². The zero-order valence-corrected chi connectivity index (χ0v) is 37.1. The summed E-state index contributed by atoms with van der Waals surface area (Å²) in [4.78, 5) is 15.4. The van der Waals surface area contributed by atoms with Crippen molar-refractivity contribution in [3.05, 3.63) is 222 Å². The fourth-order valence-corrected chi connectivity index (χ4v) is 9.67. The van der Waals surface area contributed by atoms with Gasteiger partial charge >= 0.3 is 0 Å². The average Bonchev–Trinajstić information content (AvgIpc) is 3.95. The van der Waals surface area contributed by atoms with Crippen LogP contribution in [0, 0.1) is 45.3 Å². The molecule has 0 N–H and O–H groups in total. The Balaban J connectivity index is 1.14. The number of rotatable bonds is 7. The highest BCUT2D eigenvalue weighted by Crippen LogP contribution is 2.41. The molecular weight excluding hydrogens is 859 g/mol. The first-order valence-corrected chi connectivity index (χ1v) is 22.5. The predicted octanol–water partition coefficient (Wildman–Crippen LogP) is 13.9. The molecule has 0 saturated heterocycles. The number of benzene rings is 9. The zero-order chi connectivity index (χ0) is 47.3. The Morgan fingerprint density at radius 2 is 0.700 bits per heavy atom. The third kappa shape index (κ3) is 6.88. The molecule has 0 bridgehead atoms. The highest BCUT2D eigenvalue weighted by atomic mass is 15.0. The van der Waals surface area contributed by atoms with Gasteiger partial charge in [0, 0.05) is 49.6 Å². The molecule has 0 atom stereocenters. The number of nitriles is 4. The standard InChI is InChI=1S/C61H33N9/c62-34-38-19-23-49(45(27-38)36-64)42-21-25-57-53(31-42)51-15-7-9-17-55(51)69(57)47-29-44(61-67-59(40-11-3-1-4-12-40)66-60(68-61)41-13-5-2-6-14-41)30-48(33-47)70-56-18-10-8-16-52(56)54-32-43(22-26-58(54)70)50-24-20-39(35-63)28-46(50)37-65/h1-33H. The van der Waals surface area contributed by atoms with Crippen LogP contribution in [0.4, 0.5) is 0 Å². The Morgan fingerprint density at radius 3 is 1.13 bits per heavy atom. The molecule has 0 radical (unpaired) electrons. The Kier molecular flexibility index (Phi) is 9.82. The van der Waals surface area contributed by atoms with Gasteiger partial charge in [-0.05, 0) is 101 Å². The Bertz CT molecular complexity index is 4020. The summed E-state index contributed by atoms with van der Waals surface area (Å²) in [7, 11) is 0. The highest BCUT2D eigenvalue weighted by molar-refractivity contribution is 6.12. The van der Waals surface area contributed by atoms with Crippen LogP contribution < -0.4 is 0 Å². The molecule has 3 aromatic heterocycles. The summed E-state index contributed by atoms with van der Waals surface area (Å²) in [5, 5.41) is 43.6. The van der Waals surface area contributed by atoms with E-state index in [1.165, 1.54) is 0 Å². The fraction of sp³-hybridized carbons (Fsp3) is 0. The minimum absolute atomic E-state index is 0.432. The molecule has 0 amide bonds. The number of para-hydroxylation sites is 2. The van der Waals surface area contributed by atoms with Crippen LogP contribution in [0.25, 0.3) is 111 Å². The molecule has 322 valence electrons. The van der Waals surface area contributed by atoms with Crippen molar-refractivity contribution >= 4 is 43.6 Å². The van der Waals surface area contributed by atoms with Gasteiger partial charge in [-0.2, -0.15) is 21.0 Å². The van der Waals surface area contributed by atoms with Crippen molar-refractivity contribution in [2.75, 3.05) is 0 Å². The van der Waals surface area contributed by atoms with Gasteiger partial charge in [-0.1, -0.05) is 121 Å². The molecule has 0 aliphatic rings. The van der Waals surface area contributed by atoms with E-state index in [1.807, 2.05) is 109 Å². The second-order valence-corrected chi connectivity index (χ2v) is 16.9. The normalized spacial score (nSPS) is 11.1. The van der Waals surface area contributed by atoms with Crippen LogP contribution in [0.15, 0.2) is 200 Å². The maximum atomic E-state index is 10.2. The van der Waals surface area contributed by atoms with E-state index in [4.69, 9.17) is 15.0 Å². The van der Waals surface area contributed by atoms with Crippen molar-refractivity contribution in [1.29, 1.82) is 21.0 Å². The summed E-state index contributed by atoms with van der Waals surface area (Å²) in [5.41, 5.74) is 13.0. The van der Waals surface area contributed by atoms with Crippen LogP contribution in [0.1, 0.15) is 22.3 Å².